The average molecular weight is 255 g/mol. The zero-order valence-electron chi connectivity index (χ0n) is 11.3. The van der Waals surface area contributed by atoms with Gasteiger partial charge in [-0.05, 0) is 37.5 Å². The summed E-state index contributed by atoms with van der Waals surface area (Å²) >= 11 is 0. The number of aliphatic hydroxyl groups is 1. The first-order valence-electron chi connectivity index (χ1n) is 6.70. The first-order valence-corrected chi connectivity index (χ1v) is 6.70. The van der Waals surface area contributed by atoms with E-state index in [1.165, 1.54) is 5.56 Å². The molecule has 2 nitrogen and oxygen atoms in total. The van der Waals surface area contributed by atoms with Crippen LogP contribution >= 0.6 is 0 Å². The molecule has 1 atom stereocenters. The highest BCUT2D eigenvalue weighted by Gasteiger charge is 2.22. The summed E-state index contributed by atoms with van der Waals surface area (Å²) in [5, 5.41) is 13.1. The maximum atomic E-state index is 9.66. The summed E-state index contributed by atoms with van der Waals surface area (Å²) in [5.41, 5.74) is 2.06. The van der Waals surface area contributed by atoms with E-state index in [0.29, 0.717) is 0 Å². The van der Waals surface area contributed by atoms with E-state index >= 15 is 0 Å². The lowest BCUT2D eigenvalue weighted by Gasteiger charge is -2.30. The van der Waals surface area contributed by atoms with E-state index in [9.17, 15) is 5.11 Å². The third-order valence-electron chi connectivity index (χ3n) is 3.38. The van der Waals surface area contributed by atoms with E-state index in [0.717, 1.165) is 18.5 Å². The largest absolute Gasteiger partial charge is 0.394 e. The number of hydrogen-bond donors (Lipinski definition) is 2. The van der Waals surface area contributed by atoms with E-state index in [1.54, 1.807) is 0 Å². The molecule has 0 fully saturated rings. The summed E-state index contributed by atoms with van der Waals surface area (Å²) in [6, 6.07) is 20.4. The molecule has 0 amide bonds. The average Bonchev–Trinajstić information content (AvgIpc) is 2.47. The minimum atomic E-state index is -0.294. The molecule has 2 aromatic rings. The van der Waals surface area contributed by atoms with E-state index in [-0.39, 0.29) is 12.1 Å². The van der Waals surface area contributed by atoms with E-state index in [1.807, 2.05) is 36.4 Å². The van der Waals surface area contributed by atoms with E-state index in [2.05, 4.69) is 36.5 Å². The molecular formula is C17H21NO. The van der Waals surface area contributed by atoms with Gasteiger partial charge in [0.15, 0.2) is 0 Å². The summed E-state index contributed by atoms with van der Waals surface area (Å²) in [6.45, 7) is 2.18. The molecule has 0 aromatic heterocycles. The molecule has 0 aliphatic heterocycles. The van der Waals surface area contributed by atoms with Crippen LogP contribution in [-0.4, -0.2) is 17.3 Å². The summed E-state index contributed by atoms with van der Waals surface area (Å²) in [4.78, 5) is 0. The van der Waals surface area contributed by atoms with Gasteiger partial charge in [0.25, 0.3) is 0 Å². The molecule has 0 saturated heterocycles. The lowest BCUT2D eigenvalue weighted by molar-refractivity contribution is 0.215. The summed E-state index contributed by atoms with van der Waals surface area (Å²) in [6.07, 6.45) is 1.85. The van der Waals surface area contributed by atoms with Crippen molar-refractivity contribution >= 4 is 5.69 Å². The Morgan fingerprint density at radius 3 is 2.11 bits per heavy atom. The van der Waals surface area contributed by atoms with Gasteiger partial charge in [-0.25, -0.2) is 0 Å². The van der Waals surface area contributed by atoms with Crippen molar-refractivity contribution in [3.05, 3.63) is 66.2 Å². The van der Waals surface area contributed by atoms with Gasteiger partial charge in [-0.15, -0.1) is 0 Å². The van der Waals surface area contributed by atoms with Gasteiger partial charge in [-0.3, -0.25) is 0 Å². The smallest absolute Gasteiger partial charge is 0.0658 e. The third-order valence-corrected chi connectivity index (χ3v) is 3.38. The SMILES string of the molecule is CC(CO)(CCc1ccccc1)Nc1ccccc1. The highest BCUT2D eigenvalue weighted by molar-refractivity contribution is 5.45. The van der Waals surface area contributed by atoms with E-state index in [4.69, 9.17) is 0 Å². The van der Waals surface area contributed by atoms with Crippen molar-refractivity contribution in [1.29, 1.82) is 0 Å². The van der Waals surface area contributed by atoms with E-state index < -0.39 is 0 Å². The molecule has 0 aliphatic rings. The topological polar surface area (TPSA) is 32.3 Å². The predicted molar refractivity (Wildman–Crippen MR) is 80.3 cm³/mol. The molecular weight excluding hydrogens is 234 g/mol. The number of anilines is 1. The van der Waals surface area contributed by atoms with Crippen molar-refractivity contribution in [2.45, 2.75) is 25.3 Å². The first-order chi connectivity index (χ1) is 9.22. The van der Waals surface area contributed by atoms with Gasteiger partial charge in [0, 0.05) is 5.69 Å². The molecule has 1 unspecified atom stereocenters. The number of aliphatic hydroxyl groups excluding tert-OH is 1. The van der Waals surface area contributed by atoms with Crippen LogP contribution in [-0.2, 0) is 6.42 Å². The number of para-hydroxylation sites is 1. The molecule has 0 spiro atoms. The summed E-state index contributed by atoms with van der Waals surface area (Å²) in [5.74, 6) is 0. The first kappa shape index (κ1) is 13.6. The van der Waals surface area contributed by atoms with Crippen LogP contribution in [0.25, 0.3) is 0 Å². The molecule has 2 aromatic carbocycles. The van der Waals surface area contributed by atoms with Crippen molar-refractivity contribution in [2.24, 2.45) is 0 Å². The zero-order chi connectivity index (χ0) is 13.6. The van der Waals surface area contributed by atoms with Crippen LogP contribution in [0.2, 0.25) is 0 Å². The molecule has 0 bridgehead atoms. The molecule has 0 aliphatic carbocycles. The Hall–Kier alpha value is -1.80. The number of hydrogen-bond acceptors (Lipinski definition) is 2. The lowest BCUT2D eigenvalue weighted by Crippen LogP contribution is -2.39. The van der Waals surface area contributed by atoms with Gasteiger partial charge in [0.05, 0.1) is 12.1 Å². The minimum absolute atomic E-state index is 0.120. The molecule has 100 valence electrons. The third kappa shape index (κ3) is 4.11. The van der Waals surface area contributed by atoms with Crippen molar-refractivity contribution in [1.82, 2.24) is 0 Å². The Morgan fingerprint density at radius 1 is 0.947 bits per heavy atom. The Morgan fingerprint density at radius 2 is 1.53 bits per heavy atom. The van der Waals surface area contributed by atoms with Crippen LogP contribution in [0.15, 0.2) is 60.7 Å². The van der Waals surface area contributed by atoms with Crippen LogP contribution < -0.4 is 5.32 Å². The Bertz CT molecular complexity index is 483. The normalized spacial score (nSPS) is 13.8. The quantitative estimate of drug-likeness (QED) is 0.828. The number of benzene rings is 2. The minimum Gasteiger partial charge on any atom is -0.394 e. The van der Waals surface area contributed by atoms with Crippen LogP contribution in [0, 0.1) is 0 Å². The maximum Gasteiger partial charge on any atom is 0.0658 e. The molecule has 2 heteroatoms. The zero-order valence-corrected chi connectivity index (χ0v) is 11.3. The predicted octanol–water partition coefficient (Wildman–Crippen LogP) is 3.48. The summed E-state index contributed by atoms with van der Waals surface area (Å²) < 4.78 is 0. The second kappa shape index (κ2) is 6.39. The number of rotatable bonds is 6. The molecule has 2 N–H and O–H groups in total. The van der Waals surface area contributed by atoms with Gasteiger partial charge in [0.1, 0.15) is 0 Å². The van der Waals surface area contributed by atoms with Gasteiger partial charge >= 0.3 is 0 Å². The van der Waals surface area contributed by atoms with Crippen LogP contribution in [0.5, 0.6) is 0 Å². The fraction of sp³-hybridized carbons (Fsp3) is 0.294. The molecule has 0 saturated carbocycles. The fourth-order valence-corrected chi connectivity index (χ4v) is 2.12. The number of nitrogens with one attached hydrogen (secondary N) is 1. The Balaban J connectivity index is 1.98. The van der Waals surface area contributed by atoms with Gasteiger partial charge < -0.3 is 10.4 Å². The van der Waals surface area contributed by atoms with Gasteiger partial charge in [0.2, 0.25) is 0 Å². The van der Waals surface area contributed by atoms with Gasteiger partial charge in [-0.2, -0.15) is 0 Å². The second-order valence-corrected chi connectivity index (χ2v) is 5.20. The van der Waals surface area contributed by atoms with Crippen molar-refractivity contribution < 1.29 is 5.11 Å². The number of aryl methyl sites for hydroxylation is 1. The van der Waals surface area contributed by atoms with Gasteiger partial charge in [-0.1, -0.05) is 48.5 Å². The molecule has 19 heavy (non-hydrogen) atoms. The monoisotopic (exact) mass is 255 g/mol. The second-order valence-electron chi connectivity index (χ2n) is 5.20. The van der Waals surface area contributed by atoms with Crippen LogP contribution in [0.3, 0.4) is 0 Å². The summed E-state index contributed by atoms with van der Waals surface area (Å²) in [7, 11) is 0. The standard InChI is InChI=1S/C17H21NO/c1-17(14-19,18-16-10-6-3-7-11-16)13-12-15-8-4-2-5-9-15/h2-11,18-19H,12-14H2,1H3. The Labute approximate surface area is 115 Å². The maximum absolute atomic E-state index is 9.66. The Kier molecular flexibility index (Phi) is 4.58. The molecule has 0 radical (unpaired) electrons. The molecule has 2 rings (SSSR count). The van der Waals surface area contributed by atoms with Crippen LogP contribution in [0.4, 0.5) is 5.69 Å². The van der Waals surface area contributed by atoms with Crippen molar-refractivity contribution in [2.75, 3.05) is 11.9 Å². The highest BCUT2D eigenvalue weighted by atomic mass is 16.3. The van der Waals surface area contributed by atoms with Crippen LogP contribution in [0.1, 0.15) is 18.9 Å². The van der Waals surface area contributed by atoms with Crippen molar-refractivity contribution in [3.63, 3.8) is 0 Å². The fourth-order valence-electron chi connectivity index (χ4n) is 2.12. The lowest BCUT2D eigenvalue weighted by atomic mass is 9.93. The van der Waals surface area contributed by atoms with Crippen molar-refractivity contribution in [3.8, 4) is 0 Å². The molecule has 0 heterocycles. The highest BCUT2D eigenvalue weighted by Crippen LogP contribution is 2.20.